The van der Waals surface area contributed by atoms with Gasteiger partial charge in [-0.25, -0.2) is 9.18 Å². The molecule has 118 valence electrons. The highest BCUT2D eigenvalue weighted by Gasteiger charge is 2.36. The zero-order valence-electron chi connectivity index (χ0n) is 12.3. The van der Waals surface area contributed by atoms with Crippen LogP contribution in [0, 0.1) is 12.7 Å². The molecule has 1 atom stereocenters. The first-order valence-electron chi connectivity index (χ1n) is 7.00. The van der Waals surface area contributed by atoms with Crippen molar-refractivity contribution in [2.45, 2.75) is 12.3 Å². The Morgan fingerprint density at radius 3 is 2.61 bits per heavy atom. The number of nitrogens with zero attached hydrogens (tertiary/aromatic N) is 1. The summed E-state index contributed by atoms with van der Waals surface area (Å²) in [7, 11) is 0. The van der Waals surface area contributed by atoms with E-state index in [9.17, 15) is 19.1 Å². The minimum Gasteiger partial charge on any atom is -0.478 e. The summed E-state index contributed by atoms with van der Waals surface area (Å²) in [5.41, 5.74) is 2.09. The van der Waals surface area contributed by atoms with Gasteiger partial charge in [-0.1, -0.05) is 18.2 Å². The molecule has 23 heavy (non-hydrogen) atoms. The Morgan fingerprint density at radius 1 is 1.26 bits per heavy atom. The molecule has 1 fully saturated rings. The van der Waals surface area contributed by atoms with Gasteiger partial charge in [-0.15, -0.1) is 11.8 Å². The summed E-state index contributed by atoms with van der Waals surface area (Å²) in [5.74, 6) is -1.33. The van der Waals surface area contributed by atoms with Crippen molar-refractivity contribution in [3.63, 3.8) is 0 Å². The molecule has 4 nitrogen and oxygen atoms in total. The Kier molecular flexibility index (Phi) is 4.09. The van der Waals surface area contributed by atoms with Gasteiger partial charge in [0.05, 0.1) is 17.0 Å². The van der Waals surface area contributed by atoms with Crippen LogP contribution in [-0.2, 0) is 4.79 Å². The molecule has 0 aliphatic carbocycles. The molecule has 6 heteroatoms. The summed E-state index contributed by atoms with van der Waals surface area (Å²) in [6.45, 7) is 1.84. The standard InChI is InChI=1S/C17H14FNO3S/c1-10-2-7-13(17(21)22)14(8-10)19-15(20)9-23-16(19)11-3-5-12(18)6-4-11/h2-8,16H,9H2,1H3,(H,21,22). The molecule has 1 amide bonds. The number of rotatable bonds is 3. The van der Waals surface area contributed by atoms with Crippen molar-refractivity contribution in [1.82, 2.24) is 0 Å². The van der Waals surface area contributed by atoms with Crippen LogP contribution in [0.4, 0.5) is 10.1 Å². The summed E-state index contributed by atoms with van der Waals surface area (Å²) < 4.78 is 13.1. The van der Waals surface area contributed by atoms with Gasteiger partial charge >= 0.3 is 5.97 Å². The predicted molar refractivity (Wildman–Crippen MR) is 87.2 cm³/mol. The largest absolute Gasteiger partial charge is 0.478 e. The number of anilines is 1. The SMILES string of the molecule is Cc1ccc(C(=O)O)c(N2C(=O)CSC2c2ccc(F)cc2)c1. The van der Waals surface area contributed by atoms with Crippen molar-refractivity contribution < 1.29 is 19.1 Å². The zero-order valence-corrected chi connectivity index (χ0v) is 13.1. The average molecular weight is 331 g/mol. The number of thioether (sulfide) groups is 1. The molecule has 3 rings (SSSR count). The van der Waals surface area contributed by atoms with Crippen LogP contribution in [0.3, 0.4) is 0 Å². The van der Waals surface area contributed by atoms with Crippen molar-refractivity contribution in [1.29, 1.82) is 0 Å². The first-order valence-corrected chi connectivity index (χ1v) is 8.05. The molecule has 0 aromatic heterocycles. The van der Waals surface area contributed by atoms with E-state index in [4.69, 9.17) is 0 Å². The molecule has 0 spiro atoms. The van der Waals surface area contributed by atoms with Gasteiger partial charge in [-0.2, -0.15) is 0 Å². The number of amides is 1. The third-order valence-electron chi connectivity index (χ3n) is 3.67. The number of carbonyl (C=O) groups is 2. The summed E-state index contributed by atoms with van der Waals surface area (Å²) in [5, 5.41) is 9.04. The van der Waals surface area contributed by atoms with Crippen LogP contribution in [-0.4, -0.2) is 22.7 Å². The average Bonchev–Trinajstić information content (AvgIpc) is 2.89. The number of hydrogen-bond acceptors (Lipinski definition) is 3. The molecule has 0 bridgehead atoms. The van der Waals surface area contributed by atoms with Crippen LogP contribution in [0.5, 0.6) is 0 Å². The van der Waals surface area contributed by atoms with Gasteiger partial charge in [-0.05, 0) is 42.3 Å². The van der Waals surface area contributed by atoms with Crippen molar-refractivity contribution in [2.24, 2.45) is 0 Å². The minimum atomic E-state index is -1.08. The fourth-order valence-electron chi connectivity index (χ4n) is 2.58. The number of aromatic carboxylic acids is 1. The molecule has 1 saturated heterocycles. The monoisotopic (exact) mass is 331 g/mol. The van der Waals surface area contributed by atoms with Gasteiger partial charge in [0.25, 0.3) is 0 Å². The summed E-state index contributed by atoms with van der Waals surface area (Å²) >= 11 is 1.40. The van der Waals surface area contributed by atoms with Crippen LogP contribution in [0.2, 0.25) is 0 Å². The Bertz CT molecular complexity index is 776. The molecule has 0 radical (unpaired) electrons. The number of hydrogen-bond donors (Lipinski definition) is 1. The number of benzene rings is 2. The fourth-order valence-corrected chi connectivity index (χ4v) is 3.75. The maximum absolute atomic E-state index is 13.1. The number of halogens is 1. The van der Waals surface area contributed by atoms with Crippen molar-refractivity contribution in [2.75, 3.05) is 10.7 Å². The molecule has 1 N–H and O–H groups in total. The van der Waals surface area contributed by atoms with E-state index in [0.717, 1.165) is 11.1 Å². The summed E-state index contributed by atoms with van der Waals surface area (Å²) in [6.07, 6.45) is 0. The molecule has 0 saturated carbocycles. The first-order chi connectivity index (χ1) is 11.0. The second-order valence-electron chi connectivity index (χ2n) is 5.30. The smallest absolute Gasteiger partial charge is 0.337 e. The third-order valence-corrected chi connectivity index (χ3v) is 4.88. The highest BCUT2D eigenvalue weighted by molar-refractivity contribution is 8.00. The maximum Gasteiger partial charge on any atom is 0.337 e. The van der Waals surface area contributed by atoms with Crippen molar-refractivity contribution in [3.05, 3.63) is 65.0 Å². The summed E-state index contributed by atoms with van der Waals surface area (Å²) in [4.78, 5) is 25.3. The molecular weight excluding hydrogens is 317 g/mol. The van der Waals surface area contributed by atoms with E-state index in [2.05, 4.69) is 0 Å². The van der Waals surface area contributed by atoms with E-state index in [1.807, 2.05) is 6.92 Å². The normalized spacial score (nSPS) is 17.6. The first kappa shape index (κ1) is 15.6. The maximum atomic E-state index is 13.1. The highest BCUT2D eigenvalue weighted by atomic mass is 32.2. The van der Waals surface area contributed by atoms with Crippen molar-refractivity contribution >= 4 is 29.3 Å². The van der Waals surface area contributed by atoms with Gasteiger partial charge in [0.15, 0.2) is 0 Å². The Labute approximate surface area is 136 Å². The Morgan fingerprint density at radius 2 is 1.96 bits per heavy atom. The van der Waals surface area contributed by atoms with Crippen LogP contribution < -0.4 is 4.90 Å². The molecule has 1 aliphatic rings. The van der Waals surface area contributed by atoms with Crippen LogP contribution >= 0.6 is 11.8 Å². The van der Waals surface area contributed by atoms with Gasteiger partial charge in [0, 0.05) is 0 Å². The lowest BCUT2D eigenvalue weighted by atomic mass is 10.1. The fraction of sp³-hybridized carbons (Fsp3) is 0.176. The Balaban J connectivity index is 2.09. The number of carboxylic acids is 1. The quantitative estimate of drug-likeness (QED) is 0.933. The van der Waals surface area contributed by atoms with E-state index < -0.39 is 5.97 Å². The van der Waals surface area contributed by atoms with E-state index in [1.165, 1.54) is 34.9 Å². The molecule has 1 aliphatic heterocycles. The molecule has 2 aromatic carbocycles. The molecule has 1 heterocycles. The van der Waals surface area contributed by atoms with Gasteiger partial charge in [0.1, 0.15) is 11.2 Å². The zero-order chi connectivity index (χ0) is 16.6. The molecule has 1 unspecified atom stereocenters. The van der Waals surface area contributed by atoms with Gasteiger partial charge in [0.2, 0.25) is 5.91 Å². The summed E-state index contributed by atoms with van der Waals surface area (Å²) in [6, 6.07) is 10.8. The van der Waals surface area contributed by atoms with Crippen LogP contribution in [0.1, 0.15) is 26.9 Å². The van der Waals surface area contributed by atoms with Crippen LogP contribution in [0.25, 0.3) is 0 Å². The molecule has 2 aromatic rings. The third kappa shape index (κ3) is 2.94. The molecular formula is C17H14FNO3S. The highest BCUT2D eigenvalue weighted by Crippen LogP contribution is 2.43. The van der Waals surface area contributed by atoms with Crippen molar-refractivity contribution in [3.8, 4) is 0 Å². The van der Waals surface area contributed by atoms with E-state index >= 15 is 0 Å². The van der Waals surface area contributed by atoms with E-state index in [1.54, 1.807) is 24.3 Å². The Hall–Kier alpha value is -2.34. The lowest BCUT2D eigenvalue weighted by molar-refractivity contribution is -0.115. The van der Waals surface area contributed by atoms with Crippen LogP contribution in [0.15, 0.2) is 42.5 Å². The van der Waals surface area contributed by atoms with E-state index in [-0.39, 0.29) is 28.4 Å². The second kappa shape index (κ2) is 6.04. The van der Waals surface area contributed by atoms with Gasteiger partial charge < -0.3 is 5.11 Å². The number of aryl methyl sites for hydroxylation is 1. The van der Waals surface area contributed by atoms with Gasteiger partial charge in [-0.3, -0.25) is 9.69 Å². The topological polar surface area (TPSA) is 57.6 Å². The predicted octanol–water partition coefficient (Wildman–Crippen LogP) is 3.61. The van der Waals surface area contributed by atoms with E-state index in [0.29, 0.717) is 5.69 Å². The second-order valence-corrected chi connectivity index (χ2v) is 6.37. The number of carbonyl (C=O) groups excluding carboxylic acids is 1. The lowest BCUT2D eigenvalue weighted by Crippen LogP contribution is -2.29. The minimum absolute atomic E-state index is 0.0820. The lowest BCUT2D eigenvalue weighted by Gasteiger charge is -2.26. The number of carboxylic acid groups (broad SMARTS) is 1.